The van der Waals surface area contributed by atoms with Crippen molar-refractivity contribution in [2.75, 3.05) is 0 Å². The zero-order valence-corrected chi connectivity index (χ0v) is 32.9. The van der Waals surface area contributed by atoms with Gasteiger partial charge in [-0.2, -0.15) is 0 Å². The molecule has 3 heteroatoms. The Labute approximate surface area is 329 Å². The van der Waals surface area contributed by atoms with Crippen LogP contribution in [-0.2, 0) is 10.8 Å². The van der Waals surface area contributed by atoms with Crippen molar-refractivity contribution >= 4 is 32.7 Å². The molecule has 0 amide bonds. The lowest BCUT2D eigenvalue weighted by atomic mass is 9.59. The molecule has 56 heavy (non-hydrogen) atoms. The van der Waals surface area contributed by atoms with Crippen molar-refractivity contribution in [1.82, 2.24) is 14.5 Å². The van der Waals surface area contributed by atoms with E-state index < -0.39 is 0 Å². The molecule has 0 atom stereocenters. The average Bonchev–Trinajstić information content (AvgIpc) is 3.61. The van der Waals surface area contributed by atoms with Crippen LogP contribution in [0.2, 0.25) is 0 Å². The van der Waals surface area contributed by atoms with E-state index in [0.717, 1.165) is 55.9 Å². The van der Waals surface area contributed by atoms with Crippen LogP contribution in [0.15, 0.2) is 164 Å². The number of benzene rings is 7. The van der Waals surface area contributed by atoms with Crippen molar-refractivity contribution in [3.05, 3.63) is 175 Å². The third kappa shape index (κ3) is 4.90. The topological polar surface area (TPSA) is 30.7 Å². The molecule has 3 nitrogen and oxygen atoms in total. The van der Waals surface area contributed by atoms with Gasteiger partial charge < -0.3 is 4.57 Å². The van der Waals surface area contributed by atoms with Crippen molar-refractivity contribution in [1.29, 1.82) is 0 Å². The van der Waals surface area contributed by atoms with Crippen LogP contribution in [0.5, 0.6) is 0 Å². The lowest BCUT2D eigenvalue weighted by Crippen LogP contribution is -2.42. The molecular formula is C53H45N3. The predicted octanol–water partition coefficient (Wildman–Crippen LogP) is 14.0. The molecule has 0 aliphatic heterocycles. The Morgan fingerprint density at radius 1 is 0.411 bits per heavy atom. The summed E-state index contributed by atoms with van der Waals surface area (Å²) in [7, 11) is 0. The molecule has 1 aliphatic rings. The molecule has 0 fully saturated rings. The molecule has 10 rings (SSSR count). The molecule has 2 heterocycles. The molecule has 0 unspecified atom stereocenters. The number of fused-ring (bicyclic) bond motifs is 5. The van der Waals surface area contributed by atoms with Crippen molar-refractivity contribution in [2.45, 2.75) is 52.4 Å². The first-order chi connectivity index (χ1) is 27.1. The molecule has 0 saturated carbocycles. The Balaban J connectivity index is 1.27. The van der Waals surface area contributed by atoms with Gasteiger partial charge in [-0.3, -0.25) is 0 Å². The summed E-state index contributed by atoms with van der Waals surface area (Å²) >= 11 is 0. The Morgan fingerprint density at radius 3 is 1.71 bits per heavy atom. The summed E-state index contributed by atoms with van der Waals surface area (Å²) in [5.74, 6) is 0.740. The summed E-state index contributed by atoms with van der Waals surface area (Å²) in [6.07, 6.45) is 0. The lowest BCUT2D eigenvalue weighted by Gasteiger charge is -2.44. The van der Waals surface area contributed by atoms with E-state index in [9.17, 15) is 0 Å². The van der Waals surface area contributed by atoms with E-state index in [-0.39, 0.29) is 16.2 Å². The van der Waals surface area contributed by atoms with E-state index in [1.54, 1.807) is 0 Å². The molecule has 0 saturated heterocycles. The minimum Gasteiger partial charge on any atom is -0.309 e. The highest BCUT2D eigenvalue weighted by Gasteiger charge is 2.57. The molecule has 272 valence electrons. The number of aromatic nitrogens is 3. The highest BCUT2D eigenvalue weighted by Crippen LogP contribution is 2.62. The van der Waals surface area contributed by atoms with Gasteiger partial charge in [-0.05, 0) is 98.2 Å². The van der Waals surface area contributed by atoms with Gasteiger partial charge in [-0.25, -0.2) is 9.97 Å². The van der Waals surface area contributed by atoms with E-state index in [0.29, 0.717) is 0 Å². The van der Waals surface area contributed by atoms with Gasteiger partial charge in [0, 0.05) is 33.0 Å². The maximum Gasteiger partial charge on any atom is 0.161 e. The number of hydrogen-bond acceptors (Lipinski definition) is 2. The second-order valence-corrected chi connectivity index (χ2v) is 17.1. The highest BCUT2D eigenvalue weighted by molar-refractivity contribution is 6.11. The second kappa shape index (κ2) is 12.3. The SMILES string of the molecule is CC1(C)c2cc(-c3ccc4c(c3)c3ccccc3n4-c3ccccc3)c(-c3nc(-c4ccccc4-c4ccccc4)c4ccccc4n3)cc2C(C)(C)C1(C)C. The van der Waals surface area contributed by atoms with Gasteiger partial charge in [0.1, 0.15) is 0 Å². The maximum absolute atomic E-state index is 5.60. The summed E-state index contributed by atoms with van der Waals surface area (Å²) in [4.78, 5) is 11.0. The largest absolute Gasteiger partial charge is 0.309 e. The molecule has 0 radical (unpaired) electrons. The summed E-state index contributed by atoms with van der Waals surface area (Å²) in [5, 5.41) is 3.51. The molecule has 1 aliphatic carbocycles. The average molecular weight is 724 g/mol. The number of nitrogens with zero attached hydrogens (tertiary/aromatic N) is 3. The van der Waals surface area contributed by atoms with Gasteiger partial charge in [-0.1, -0.05) is 157 Å². The van der Waals surface area contributed by atoms with Crippen LogP contribution in [0, 0.1) is 5.41 Å². The first kappa shape index (κ1) is 34.2. The van der Waals surface area contributed by atoms with E-state index >= 15 is 0 Å². The minimum atomic E-state index is -0.0915. The molecule has 0 bridgehead atoms. The van der Waals surface area contributed by atoms with Crippen LogP contribution in [0.25, 0.3) is 83.3 Å². The standard InChI is InChI=1S/C53H45N3/c1-51(2)44-32-41(35-29-30-48-42(31-35)38-24-16-18-28-47(38)56(48)36-21-11-8-12-22-36)43(33-45(44)52(3,4)53(51,5)6)50-54-46-27-17-15-26-40(46)49(55-50)39-25-14-13-23-37(39)34-19-9-7-10-20-34/h7-33H,1-6H3. The lowest BCUT2D eigenvalue weighted by molar-refractivity contribution is 0.125. The molecule has 9 aromatic rings. The highest BCUT2D eigenvalue weighted by atomic mass is 15.0. The van der Waals surface area contributed by atoms with E-state index in [1.807, 2.05) is 0 Å². The van der Waals surface area contributed by atoms with Crippen LogP contribution in [0.1, 0.15) is 52.7 Å². The summed E-state index contributed by atoms with van der Waals surface area (Å²) in [6, 6.07) is 59.1. The Bertz CT molecular complexity index is 2980. The van der Waals surface area contributed by atoms with E-state index in [2.05, 4.69) is 210 Å². The van der Waals surface area contributed by atoms with E-state index in [4.69, 9.17) is 9.97 Å². The van der Waals surface area contributed by atoms with Gasteiger partial charge in [0.05, 0.1) is 22.2 Å². The van der Waals surface area contributed by atoms with Gasteiger partial charge in [0.15, 0.2) is 5.82 Å². The van der Waals surface area contributed by atoms with Crippen LogP contribution >= 0.6 is 0 Å². The normalized spacial score (nSPS) is 15.4. The number of rotatable bonds is 5. The fourth-order valence-corrected chi connectivity index (χ4v) is 9.47. The summed E-state index contributed by atoms with van der Waals surface area (Å²) in [5.41, 5.74) is 14.8. The first-order valence-corrected chi connectivity index (χ1v) is 19.8. The Hall–Kier alpha value is -6.32. The van der Waals surface area contributed by atoms with Gasteiger partial charge in [-0.15, -0.1) is 0 Å². The number of para-hydroxylation sites is 3. The summed E-state index contributed by atoms with van der Waals surface area (Å²) in [6.45, 7) is 14.5. The molecule has 7 aromatic carbocycles. The van der Waals surface area contributed by atoms with Crippen molar-refractivity contribution < 1.29 is 0 Å². The van der Waals surface area contributed by atoms with Crippen molar-refractivity contribution in [3.63, 3.8) is 0 Å². The molecular weight excluding hydrogens is 679 g/mol. The van der Waals surface area contributed by atoms with Crippen LogP contribution in [-0.4, -0.2) is 14.5 Å². The smallest absolute Gasteiger partial charge is 0.161 e. The predicted molar refractivity (Wildman–Crippen MR) is 235 cm³/mol. The van der Waals surface area contributed by atoms with Crippen molar-refractivity contribution in [2.24, 2.45) is 5.41 Å². The third-order valence-corrected chi connectivity index (χ3v) is 13.7. The number of hydrogen-bond donors (Lipinski definition) is 0. The quantitative estimate of drug-likeness (QED) is 0.177. The van der Waals surface area contributed by atoms with Crippen molar-refractivity contribution in [3.8, 4) is 50.6 Å². The fourth-order valence-electron chi connectivity index (χ4n) is 9.47. The summed E-state index contributed by atoms with van der Waals surface area (Å²) < 4.78 is 2.38. The van der Waals surface area contributed by atoms with Gasteiger partial charge >= 0.3 is 0 Å². The van der Waals surface area contributed by atoms with E-state index in [1.165, 1.54) is 38.5 Å². The fraction of sp³-hybridized carbons (Fsp3) is 0.170. The molecule has 0 N–H and O–H groups in total. The molecule has 2 aromatic heterocycles. The Morgan fingerprint density at radius 2 is 0.982 bits per heavy atom. The zero-order chi connectivity index (χ0) is 38.4. The van der Waals surface area contributed by atoms with Crippen LogP contribution in [0.3, 0.4) is 0 Å². The second-order valence-electron chi connectivity index (χ2n) is 17.1. The third-order valence-electron chi connectivity index (χ3n) is 13.7. The molecule has 0 spiro atoms. The maximum atomic E-state index is 5.60. The van der Waals surface area contributed by atoms with Crippen LogP contribution < -0.4 is 0 Å². The Kier molecular flexibility index (Phi) is 7.54. The monoisotopic (exact) mass is 723 g/mol. The van der Waals surface area contributed by atoms with Gasteiger partial charge in [0.25, 0.3) is 0 Å². The minimum absolute atomic E-state index is 0.00465. The van der Waals surface area contributed by atoms with Crippen LogP contribution in [0.4, 0.5) is 0 Å². The van der Waals surface area contributed by atoms with Gasteiger partial charge in [0.2, 0.25) is 0 Å². The first-order valence-electron chi connectivity index (χ1n) is 19.8. The zero-order valence-electron chi connectivity index (χ0n) is 32.9.